The van der Waals surface area contributed by atoms with Crippen LogP contribution in [0.4, 0.5) is 4.79 Å². The molecular formula is C13H15N3O7S. The molecule has 1 saturated heterocycles. The van der Waals surface area contributed by atoms with Gasteiger partial charge in [-0.3, -0.25) is 9.69 Å². The fraction of sp³-hybridized carbons (Fsp3) is 0.538. The molecule has 0 aromatic rings. The first kappa shape index (κ1) is 17.8. The van der Waals surface area contributed by atoms with Crippen molar-refractivity contribution in [3.05, 3.63) is 16.8 Å². The summed E-state index contributed by atoms with van der Waals surface area (Å²) in [6.45, 7) is 4.35. The summed E-state index contributed by atoms with van der Waals surface area (Å²) in [7, 11) is -1.74. The van der Waals surface area contributed by atoms with Gasteiger partial charge in [0.05, 0.1) is 18.6 Å². The first-order chi connectivity index (χ1) is 11.3. The minimum Gasteiger partial charge on any atom is -0.435 e. The minimum absolute atomic E-state index is 0.0371. The summed E-state index contributed by atoms with van der Waals surface area (Å²) in [6.07, 6.45) is -2.32. The largest absolute Gasteiger partial charge is 0.511 e. The van der Waals surface area contributed by atoms with Gasteiger partial charge in [0.15, 0.2) is 10.8 Å². The van der Waals surface area contributed by atoms with Crippen molar-refractivity contribution < 1.29 is 37.6 Å². The van der Waals surface area contributed by atoms with Crippen LogP contribution in [0.1, 0.15) is 27.2 Å². The first-order valence-corrected chi connectivity index (χ1v) is 8.23. The van der Waals surface area contributed by atoms with E-state index in [0.717, 1.165) is 4.90 Å². The lowest BCUT2D eigenvalue weighted by Gasteiger charge is -2.41. The first-order valence-electron chi connectivity index (χ1n) is 7.02. The van der Waals surface area contributed by atoms with Gasteiger partial charge in [-0.25, -0.2) is 13.8 Å². The van der Waals surface area contributed by atoms with Crippen LogP contribution < -0.4 is 0 Å². The van der Waals surface area contributed by atoms with E-state index in [0.29, 0.717) is 0 Å². The smallest absolute Gasteiger partial charge is 0.435 e. The molecule has 2 unspecified atom stereocenters. The van der Waals surface area contributed by atoms with Crippen molar-refractivity contribution >= 4 is 33.9 Å². The van der Waals surface area contributed by atoms with E-state index in [1.807, 2.05) is 0 Å². The molecule has 2 rings (SSSR count). The van der Waals surface area contributed by atoms with Crippen LogP contribution in [-0.2, 0) is 34.6 Å². The van der Waals surface area contributed by atoms with E-state index in [1.54, 1.807) is 6.92 Å². The molecule has 0 N–H and O–H groups in total. The van der Waals surface area contributed by atoms with Crippen molar-refractivity contribution in [1.29, 1.82) is 0 Å². The monoisotopic (exact) mass is 357 g/mol. The van der Waals surface area contributed by atoms with Gasteiger partial charge in [0.25, 0.3) is 0 Å². The van der Waals surface area contributed by atoms with E-state index in [-0.39, 0.29) is 29.3 Å². The number of amides is 1. The van der Waals surface area contributed by atoms with Crippen LogP contribution in [0.2, 0.25) is 0 Å². The summed E-state index contributed by atoms with van der Waals surface area (Å²) in [4.78, 5) is 39.3. The average molecular weight is 357 g/mol. The van der Waals surface area contributed by atoms with Crippen LogP contribution in [0.3, 0.4) is 0 Å². The van der Waals surface area contributed by atoms with Crippen LogP contribution in [0, 0.1) is 0 Å². The number of ether oxygens (including phenoxy) is 3. The fourth-order valence-electron chi connectivity index (χ4n) is 2.27. The normalized spacial score (nSPS) is 23.7. The lowest BCUT2D eigenvalue weighted by Crippen LogP contribution is -2.59. The van der Waals surface area contributed by atoms with E-state index in [4.69, 9.17) is 15.0 Å². The number of hydrogen-bond donors (Lipinski definition) is 0. The fourth-order valence-corrected chi connectivity index (χ4v) is 3.72. The molecule has 2 heterocycles. The molecule has 1 fully saturated rings. The molecule has 0 aliphatic carbocycles. The number of esters is 1. The predicted octanol–water partition coefficient (Wildman–Crippen LogP) is 0.272. The van der Waals surface area contributed by atoms with Crippen molar-refractivity contribution in [3.63, 3.8) is 0 Å². The molecule has 0 spiro atoms. The van der Waals surface area contributed by atoms with Crippen LogP contribution >= 0.6 is 0 Å². The standard InChI is InChI=1S/C13H15N3O7S/c1-4-21-13(19)23-7(3)22-12(18)10-6(2)11(15-14)24(20)9-5-8(17)16(9)10/h7,9H,4-5H2,1-3H3/t7?,9-,24?/m1/s1. The summed E-state index contributed by atoms with van der Waals surface area (Å²) in [5, 5.41) is -0.981. The summed E-state index contributed by atoms with van der Waals surface area (Å²) in [5.74, 6) is -1.38. The van der Waals surface area contributed by atoms with E-state index in [2.05, 4.69) is 9.53 Å². The highest BCUT2D eigenvalue weighted by Crippen LogP contribution is 2.35. The number of nitrogens with zero attached hydrogens (tertiary/aromatic N) is 3. The highest BCUT2D eigenvalue weighted by atomic mass is 32.2. The van der Waals surface area contributed by atoms with Crippen molar-refractivity contribution in [3.8, 4) is 0 Å². The summed E-state index contributed by atoms with van der Waals surface area (Å²) < 4.78 is 26.3. The Morgan fingerprint density at radius 2 is 2.12 bits per heavy atom. The molecule has 0 radical (unpaired) electrons. The SMILES string of the molecule is CCOC(=O)OC(C)OC(=O)C1=C(C)C(=[N+]=[N-])S(=O)[C@@H]2CC(=O)N12. The Morgan fingerprint density at radius 3 is 2.67 bits per heavy atom. The van der Waals surface area contributed by atoms with Gasteiger partial charge in [-0.05, 0) is 13.8 Å². The second kappa shape index (κ2) is 6.93. The molecule has 2 aliphatic rings. The van der Waals surface area contributed by atoms with Gasteiger partial charge in [0.2, 0.25) is 12.2 Å². The zero-order valence-corrected chi connectivity index (χ0v) is 14.0. The van der Waals surface area contributed by atoms with Crippen LogP contribution in [0.25, 0.3) is 5.53 Å². The molecule has 2 aliphatic heterocycles. The van der Waals surface area contributed by atoms with Gasteiger partial charge < -0.3 is 19.7 Å². The number of β-lactam (4-membered cyclic amide) rings is 1. The third-order valence-corrected chi connectivity index (χ3v) is 4.98. The van der Waals surface area contributed by atoms with Crippen LogP contribution in [0.5, 0.6) is 0 Å². The van der Waals surface area contributed by atoms with Crippen molar-refractivity contribution in [2.75, 3.05) is 6.61 Å². The second-order valence-electron chi connectivity index (χ2n) is 4.87. The number of hydrogen-bond acceptors (Lipinski definition) is 7. The third-order valence-electron chi connectivity index (χ3n) is 3.34. The highest BCUT2D eigenvalue weighted by Gasteiger charge is 2.54. The topological polar surface area (TPSA) is 136 Å². The molecule has 0 saturated carbocycles. The van der Waals surface area contributed by atoms with Crippen molar-refractivity contribution in [1.82, 2.24) is 4.90 Å². The van der Waals surface area contributed by atoms with Crippen molar-refractivity contribution in [2.45, 2.75) is 38.9 Å². The molecule has 130 valence electrons. The molecule has 0 aromatic heterocycles. The second-order valence-corrected chi connectivity index (χ2v) is 6.40. The summed E-state index contributed by atoms with van der Waals surface area (Å²) in [6, 6.07) is 0. The predicted molar refractivity (Wildman–Crippen MR) is 78.4 cm³/mol. The van der Waals surface area contributed by atoms with Gasteiger partial charge in [-0.2, -0.15) is 4.79 Å². The average Bonchev–Trinajstić information content (AvgIpc) is 2.49. The molecule has 11 heteroatoms. The molecule has 0 aromatic carbocycles. The van der Waals surface area contributed by atoms with E-state index < -0.39 is 40.5 Å². The third kappa shape index (κ3) is 3.08. The Labute approximate surface area is 139 Å². The van der Waals surface area contributed by atoms with Crippen molar-refractivity contribution in [2.24, 2.45) is 0 Å². The summed E-state index contributed by atoms with van der Waals surface area (Å²) in [5.41, 5.74) is 8.86. The van der Waals surface area contributed by atoms with Gasteiger partial charge >= 0.3 is 17.2 Å². The lowest BCUT2D eigenvalue weighted by molar-refractivity contribution is -0.168. The Hall–Kier alpha value is -2.52. The Morgan fingerprint density at radius 1 is 1.46 bits per heavy atom. The maximum atomic E-state index is 12.3. The zero-order chi connectivity index (χ0) is 18.0. The number of carbonyl (C=O) groups excluding carboxylic acids is 3. The van der Waals surface area contributed by atoms with E-state index >= 15 is 0 Å². The maximum Gasteiger partial charge on any atom is 0.511 e. The van der Waals surface area contributed by atoms with Crippen LogP contribution in [-0.4, -0.2) is 55.2 Å². The van der Waals surface area contributed by atoms with Gasteiger partial charge in [-0.15, -0.1) is 0 Å². The number of rotatable bonds is 4. The quantitative estimate of drug-likeness (QED) is 0.232. The lowest BCUT2D eigenvalue weighted by atomic mass is 10.1. The van der Waals surface area contributed by atoms with Gasteiger partial charge in [0, 0.05) is 6.92 Å². The Bertz CT molecular complexity index is 710. The molecule has 1 amide bonds. The highest BCUT2D eigenvalue weighted by molar-refractivity contribution is 8.01. The van der Waals surface area contributed by atoms with Gasteiger partial charge in [0.1, 0.15) is 11.1 Å². The molecule has 0 bridgehead atoms. The van der Waals surface area contributed by atoms with E-state index in [9.17, 15) is 18.6 Å². The minimum atomic E-state index is -1.74. The van der Waals surface area contributed by atoms with E-state index in [1.165, 1.54) is 13.8 Å². The zero-order valence-electron chi connectivity index (χ0n) is 13.2. The molecule has 10 nitrogen and oxygen atoms in total. The Kier molecular flexibility index (Phi) is 5.15. The molecule has 24 heavy (non-hydrogen) atoms. The molecule has 3 atom stereocenters. The van der Waals surface area contributed by atoms with Crippen LogP contribution in [0.15, 0.2) is 11.3 Å². The summed E-state index contributed by atoms with van der Waals surface area (Å²) >= 11 is 0. The number of carbonyl (C=O) groups is 3. The maximum absolute atomic E-state index is 12.3. The Balaban J connectivity index is 2.21. The molecular weight excluding hydrogens is 342 g/mol. The van der Waals surface area contributed by atoms with Gasteiger partial charge in [-0.1, -0.05) is 0 Å². The number of fused-ring (bicyclic) bond motifs is 1.